The summed E-state index contributed by atoms with van der Waals surface area (Å²) in [6.45, 7) is 3.94. The Kier molecular flexibility index (Phi) is 4.31. The third-order valence-electron chi connectivity index (χ3n) is 2.81. The lowest BCUT2D eigenvalue weighted by Gasteiger charge is -2.05. The summed E-state index contributed by atoms with van der Waals surface area (Å²) in [5, 5.41) is 2.77. The van der Waals surface area contributed by atoms with E-state index in [0.29, 0.717) is 5.56 Å². The van der Waals surface area contributed by atoms with Crippen molar-refractivity contribution in [2.75, 3.05) is 5.32 Å². The van der Waals surface area contributed by atoms with Crippen LogP contribution in [0.4, 0.5) is 10.1 Å². The highest BCUT2D eigenvalue weighted by molar-refractivity contribution is 6.02. The SMILES string of the molecule is Cc1cc(C)cc(NC(=O)C=Cc2ccccc2F)c1. The Morgan fingerprint density at radius 1 is 1.10 bits per heavy atom. The van der Waals surface area contributed by atoms with Crippen LogP contribution in [0, 0.1) is 19.7 Å². The van der Waals surface area contributed by atoms with Crippen LogP contribution in [0.5, 0.6) is 0 Å². The summed E-state index contributed by atoms with van der Waals surface area (Å²) in [5.74, 6) is -0.624. The summed E-state index contributed by atoms with van der Waals surface area (Å²) >= 11 is 0. The van der Waals surface area contributed by atoms with Gasteiger partial charge in [0.15, 0.2) is 0 Å². The van der Waals surface area contributed by atoms with Crippen molar-refractivity contribution in [1.29, 1.82) is 0 Å². The number of benzene rings is 2. The molecule has 0 fully saturated rings. The van der Waals surface area contributed by atoms with Crippen LogP contribution in [0.3, 0.4) is 0 Å². The van der Waals surface area contributed by atoms with Gasteiger partial charge < -0.3 is 5.32 Å². The summed E-state index contributed by atoms with van der Waals surface area (Å²) < 4.78 is 13.4. The first-order valence-electron chi connectivity index (χ1n) is 6.36. The number of hydrogen-bond donors (Lipinski definition) is 1. The Bertz CT molecular complexity index is 642. The molecule has 0 saturated carbocycles. The lowest BCUT2D eigenvalue weighted by atomic mass is 10.1. The van der Waals surface area contributed by atoms with Gasteiger partial charge in [-0.1, -0.05) is 24.3 Å². The zero-order chi connectivity index (χ0) is 14.5. The van der Waals surface area contributed by atoms with Crippen LogP contribution in [0.1, 0.15) is 16.7 Å². The largest absolute Gasteiger partial charge is 0.322 e. The van der Waals surface area contributed by atoms with E-state index in [9.17, 15) is 9.18 Å². The van der Waals surface area contributed by atoms with Crippen LogP contribution >= 0.6 is 0 Å². The lowest BCUT2D eigenvalue weighted by Crippen LogP contribution is -2.08. The molecule has 20 heavy (non-hydrogen) atoms. The third-order valence-corrected chi connectivity index (χ3v) is 2.81. The highest BCUT2D eigenvalue weighted by atomic mass is 19.1. The highest BCUT2D eigenvalue weighted by Gasteiger charge is 2.01. The molecule has 0 saturated heterocycles. The van der Waals surface area contributed by atoms with E-state index in [1.807, 2.05) is 32.0 Å². The number of rotatable bonds is 3. The van der Waals surface area contributed by atoms with Crippen LogP contribution in [0.2, 0.25) is 0 Å². The fourth-order valence-electron chi connectivity index (χ4n) is 2.01. The van der Waals surface area contributed by atoms with Crippen molar-refractivity contribution in [2.45, 2.75) is 13.8 Å². The minimum atomic E-state index is -0.344. The second-order valence-corrected chi connectivity index (χ2v) is 4.72. The topological polar surface area (TPSA) is 29.1 Å². The molecular weight excluding hydrogens is 253 g/mol. The maximum atomic E-state index is 13.4. The Morgan fingerprint density at radius 2 is 1.75 bits per heavy atom. The van der Waals surface area contributed by atoms with Crippen LogP contribution in [0.25, 0.3) is 6.08 Å². The molecule has 1 amide bonds. The molecule has 0 aliphatic carbocycles. The first-order valence-corrected chi connectivity index (χ1v) is 6.36. The first-order chi connectivity index (χ1) is 9.54. The monoisotopic (exact) mass is 269 g/mol. The van der Waals surface area contributed by atoms with Gasteiger partial charge in [0.05, 0.1) is 0 Å². The van der Waals surface area contributed by atoms with Gasteiger partial charge in [-0.05, 0) is 49.2 Å². The van der Waals surface area contributed by atoms with E-state index in [-0.39, 0.29) is 11.7 Å². The summed E-state index contributed by atoms with van der Waals surface area (Å²) in [6.07, 6.45) is 2.80. The average molecular weight is 269 g/mol. The van der Waals surface area contributed by atoms with Gasteiger partial charge >= 0.3 is 0 Å². The molecule has 2 aromatic rings. The number of carbonyl (C=O) groups is 1. The molecule has 2 nitrogen and oxygen atoms in total. The van der Waals surface area contributed by atoms with Gasteiger partial charge in [-0.15, -0.1) is 0 Å². The Balaban J connectivity index is 2.07. The van der Waals surface area contributed by atoms with Crippen LogP contribution < -0.4 is 5.32 Å². The summed E-state index contributed by atoms with van der Waals surface area (Å²) in [4.78, 5) is 11.8. The second kappa shape index (κ2) is 6.15. The normalized spacial score (nSPS) is 10.8. The van der Waals surface area contributed by atoms with Crippen molar-refractivity contribution in [2.24, 2.45) is 0 Å². The van der Waals surface area contributed by atoms with Crippen molar-refractivity contribution in [3.8, 4) is 0 Å². The summed E-state index contributed by atoms with van der Waals surface area (Å²) in [7, 11) is 0. The number of anilines is 1. The average Bonchev–Trinajstić information content (AvgIpc) is 2.36. The molecule has 0 heterocycles. The summed E-state index contributed by atoms with van der Waals surface area (Å²) in [6, 6.07) is 12.1. The molecular formula is C17H16FNO. The van der Waals surface area contributed by atoms with E-state index in [1.54, 1.807) is 18.2 Å². The molecule has 0 unspecified atom stereocenters. The van der Waals surface area contributed by atoms with Crippen LogP contribution in [0.15, 0.2) is 48.5 Å². The highest BCUT2D eigenvalue weighted by Crippen LogP contribution is 2.14. The molecule has 102 valence electrons. The molecule has 2 rings (SSSR count). The molecule has 0 aliphatic heterocycles. The molecule has 0 bridgehead atoms. The maximum Gasteiger partial charge on any atom is 0.248 e. The van der Waals surface area contributed by atoms with E-state index in [0.717, 1.165) is 16.8 Å². The quantitative estimate of drug-likeness (QED) is 0.835. The lowest BCUT2D eigenvalue weighted by molar-refractivity contribution is -0.111. The Hall–Kier alpha value is -2.42. The molecule has 0 atom stereocenters. The van der Waals surface area contributed by atoms with Gasteiger partial charge in [-0.2, -0.15) is 0 Å². The van der Waals surface area contributed by atoms with Crippen molar-refractivity contribution >= 4 is 17.7 Å². The molecule has 0 radical (unpaired) electrons. The number of halogens is 1. The van der Waals surface area contributed by atoms with E-state index in [1.165, 1.54) is 18.2 Å². The maximum absolute atomic E-state index is 13.4. The molecule has 0 spiro atoms. The minimum absolute atomic E-state index is 0.279. The second-order valence-electron chi connectivity index (χ2n) is 4.72. The number of nitrogens with one attached hydrogen (secondary N) is 1. The number of hydrogen-bond acceptors (Lipinski definition) is 1. The molecule has 0 aliphatic rings. The van der Waals surface area contributed by atoms with Gasteiger partial charge in [0.2, 0.25) is 5.91 Å². The predicted octanol–water partition coefficient (Wildman–Crippen LogP) is 4.09. The molecule has 2 aromatic carbocycles. The van der Waals surface area contributed by atoms with Crippen LogP contribution in [-0.4, -0.2) is 5.91 Å². The van der Waals surface area contributed by atoms with Crippen LogP contribution in [-0.2, 0) is 4.79 Å². The summed E-state index contributed by atoms with van der Waals surface area (Å²) in [5.41, 5.74) is 3.30. The van der Waals surface area contributed by atoms with Crippen molar-refractivity contribution in [3.63, 3.8) is 0 Å². The van der Waals surface area contributed by atoms with Crippen molar-refractivity contribution in [3.05, 3.63) is 71.0 Å². The van der Waals surface area contributed by atoms with Gasteiger partial charge in [-0.3, -0.25) is 4.79 Å². The van der Waals surface area contributed by atoms with E-state index >= 15 is 0 Å². The molecule has 0 aromatic heterocycles. The zero-order valence-electron chi connectivity index (χ0n) is 11.5. The third kappa shape index (κ3) is 3.79. The standard InChI is InChI=1S/C17H16FNO/c1-12-9-13(2)11-15(10-12)19-17(20)8-7-14-5-3-4-6-16(14)18/h3-11H,1-2H3,(H,19,20). The van der Waals surface area contributed by atoms with Gasteiger partial charge in [0, 0.05) is 17.3 Å². The fraction of sp³-hybridized carbons (Fsp3) is 0.118. The minimum Gasteiger partial charge on any atom is -0.322 e. The molecule has 1 N–H and O–H groups in total. The number of aryl methyl sites for hydroxylation is 2. The zero-order valence-corrected chi connectivity index (χ0v) is 11.5. The van der Waals surface area contributed by atoms with Gasteiger partial charge in [0.1, 0.15) is 5.82 Å². The van der Waals surface area contributed by atoms with E-state index in [4.69, 9.17) is 0 Å². The molecule has 3 heteroatoms. The first kappa shape index (κ1) is 14.0. The van der Waals surface area contributed by atoms with E-state index in [2.05, 4.69) is 5.32 Å². The van der Waals surface area contributed by atoms with Gasteiger partial charge in [-0.25, -0.2) is 4.39 Å². The number of amides is 1. The number of carbonyl (C=O) groups excluding carboxylic acids is 1. The Labute approximate surface area is 118 Å². The van der Waals surface area contributed by atoms with Crippen molar-refractivity contribution in [1.82, 2.24) is 0 Å². The van der Waals surface area contributed by atoms with Crippen molar-refractivity contribution < 1.29 is 9.18 Å². The fourth-order valence-corrected chi connectivity index (χ4v) is 2.01. The smallest absolute Gasteiger partial charge is 0.248 e. The predicted molar refractivity (Wildman–Crippen MR) is 80.0 cm³/mol. The van der Waals surface area contributed by atoms with Gasteiger partial charge in [0.25, 0.3) is 0 Å². The van der Waals surface area contributed by atoms with E-state index < -0.39 is 0 Å². The Morgan fingerprint density at radius 3 is 2.40 bits per heavy atom.